The second kappa shape index (κ2) is 5.48. The Morgan fingerprint density at radius 3 is 2.30 bits per heavy atom. The Hall–Kier alpha value is -2.12. The van der Waals surface area contributed by atoms with Gasteiger partial charge in [-0.25, -0.2) is 10.2 Å². The molecule has 4 N–H and O–H groups in total. The average Bonchev–Trinajstić information content (AvgIpc) is 2.23. The standard InChI is InChI=1S/C12H16F3N3O2/c1-11(2,3)20-10(19)18-17-9-5-4-7(6-8(9)16)12(13,14)15/h4-6,17H,16H2,1-3H3,(H,18,19). The van der Waals surface area contributed by atoms with E-state index in [1.165, 1.54) is 0 Å². The molecule has 0 aliphatic heterocycles. The summed E-state index contributed by atoms with van der Waals surface area (Å²) in [6, 6.07) is 2.75. The number of nitrogens with two attached hydrogens (primary N) is 1. The Kier molecular flexibility index (Phi) is 4.36. The van der Waals surface area contributed by atoms with Gasteiger partial charge in [0.2, 0.25) is 0 Å². The number of hydrogen-bond donors (Lipinski definition) is 3. The summed E-state index contributed by atoms with van der Waals surface area (Å²) in [6.07, 6.45) is -5.23. The summed E-state index contributed by atoms with van der Waals surface area (Å²) in [5, 5.41) is 0. The number of ether oxygens (including phenoxy) is 1. The molecule has 1 aromatic rings. The first-order chi connectivity index (χ1) is 8.99. The average molecular weight is 291 g/mol. The van der Waals surface area contributed by atoms with Gasteiger partial charge >= 0.3 is 12.3 Å². The maximum atomic E-state index is 12.4. The summed E-state index contributed by atoms with van der Waals surface area (Å²) in [7, 11) is 0. The van der Waals surface area contributed by atoms with Crippen molar-refractivity contribution in [1.29, 1.82) is 0 Å². The van der Waals surface area contributed by atoms with Crippen molar-refractivity contribution < 1.29 is 22.7 Å². The van der Waals surface area contributed by atoms with Gasteiger partial charge < -0.3 is 10.5 Å². The summed E-state index contributed by atoms with van der Waals surface area (Å²) >= 11 is 0. The lowest BCUT2D eigenvalue weighted by Crippen LogP contribution is -2.36. The number of anilines is 2. The van der Waals surface area contributed by atoms with Crippen LogP contribution in [-0.2, 0) is 10.9 Å². The molecule has 20 heavy (non-hydrogen) atoms. The summed E-state index contributed by atoms with van der Waals surface area (Å²) in [5.41, 5.74) is 8.51. The largest absolute Gasteiger partial charge is 0.443 e. The van der Waals surface area contributed by atoms with Gasteiger partial charge in [0.25, 0.3) is 0 Å². The van der Waals surface area contributed by atoms with E-state index in [2.05, 4.69) is 10.9 Å². The molecule has 112 valence electrons. The third-order valence-corrected chi connectivity index (χ3v) is 2.08. The van der Waals surface area contributed by atoms with Crippen LogP contribution in [0, 0.1) is 0 Å². The highest BCUT2D eigenvalue weighted by atomic mass is 19.4. The van der Waals surface area contributed by atoms with Crippen LogP contribution in [0.1, 0.15) is 26.3 Å². The van der Waals surface area contributed by atoms with E-state index in [4.69, 9.17) is 10.5 Å². The summed E-state index contributed by atoms with van der Waals surface area (Å²) in [6.45, 7) is 5.04. The van der Waals surface area contributed by atoms with E-state index in [-0.39, 0.29) is 11.4 Å². The third kappa shape index (κ3) is 4.87. The minimum Gasteiger partial charge on any atom is -0.443 e. The molecule has 0 aliphatic rings. The molecule has 0 unspecified atom stereocenters. The van der Waals surface area contributed by atoms with Gasteiger partial charge in [0.15, 0.2) is 0 Å². The number of alkyl halides is 3. The van der Waals surface area contributed by atoms with Crippen LogP contribution < -0.4 is 16.6 Å². The fourth-order valence-electron chi connectivity index (χ4n) is 1.27. The Morgan fingerprint density at radius 1 is 1.25 bits per heavy atom. The van der Waals surface area contributed by atoms with Crippen LogP contribution in [0.2, 0.25) is 0 Å². The molecule has 1 amide bonds. The number of hydrazine groups is 1. The molecule has 0 spiro atoms. The number of nitrogens with one attached hydrogen (secondary N) is 2. The Bertz CT molecular complexity index is 496. The van der Waals surface area contributed by atoms with Crippen LogP contribution in [0.3, 0.4) is 0 Å². The predicted octanol–water partition coefficient (Wildman–Crippen LogP) is 3.14. The molecule has 0 atom stereocenters. The van der Waals surface area contributed by atoms with Gasteiger partial charge in [-0.1, -0.05) is 0 Å². The zero-order valence-electron chi connectivity index (χ0n) is 11.3. The van der Waals surface area contributed by atoms with Crippen molar-refractivity contribution in [3.63, 3.8) is 0 Å². The fraction of sp³-hybridized carbons (Fsp3) is 0.417. The van der Waals surface area contributed by atoms with Gasteiger partial charge in [-0.15, -0.1) is 0 Å². The highest BCUT2D eigenvalue weighted by Gasteiger charge is 2.30. The molecule has 0 heterocycles. The zero-order chi connectivity index (χ0) is 15.6. The van der Waals surface area contributed by atoms with E-state index in [0.29, 0.717) is 0 Å². The van der Waals surface area contributed by atoms with Gasteiger partial charge in [-0.05, 0) is 39.0 Å². The topological polar surface area (TPSA) is 76.4 Å². The van der Waals surface area contributed by atoms with Crippen molar-refractivity contribution >= 4 is 17.5 Å². The quantitative estimate of drug-likeness (QED) is 0.578. The predicted molar refractivity (Wildman–Crippen MR) is 68.8 cm³/mol. The van der Waals surface area contributed by atoms with Gasteiger partial charge in [-0.3, -0.25) is 5.43 Å². The highest BCUT2D eigenvalue weighted by Crippen LogP contribution is 2.32. The van der Waals surface area contributed by atoms with Gasteiger partial charge in [0.1, 0.15) is 5.60 Å². The van der Waals surface area contributed by atoms with Crippen molar-refractivity contribution in [2.75, 3.05) is 11.2 Å². The first-order valence-corrected chi connectivity index (χ1v) is 5.71. The van der Waals surface area contributed by atoms with Crippen LogP contribution in [0.4, 0.5) is 29.3 Å². The number of nitrogen functional groups attached to an aromatic ring is 1. The molecule has 0 aliphatic carbocycles. The lowest BCUT2D eigenvalue weighted by Gasteiger charge is -2.20. The molecule has 0 radical (unpaired) electrons. The van der Waals surface area contributed by atoms with Crippen molar-refractivity contribution in [2.45, 2.75) is 32.5 Å². The van der Waals surface area contributed by atoms with Crippen LogP contribution in [0.15, 0.2) is 18.2 Å². The maximum Gasteiger partial charge on any atom is 0.426 e. The number of carbonyl (C=O) groups is 1. The fourth-order valence-corrected chi connectivity index (χ4v) is 1.27. The van der Waals surface area contributed by atoms with E-state index in [1.54, 1.807) is 20.8 Å². The second-order valence-corrected chi connectivity index (χ2v) is 5.05. The van der Waals surface area contributed by atoms with E-state index < -0.39 is 23.4 Å². The number of benzene rings is 1. The Morgan fingerprint density at radius 2 is 1.85 bits per heavy atom. The van der Waals surface area contributed by atoms with E-state index >= 15 is 0 Å². The Labute approximate surface area is 114 Å². The van der Waals surface area contributed by atoms with E-state index in [9.17, 15) is 18.0 Å². The number of carbonyl (C=O) groups excluding carboxylic acids is 1. The molecule has 0 saturated carbocycles. The Balaban J connectivity index is 2.68. The smallest absolute Gasteiger partial charge is 0.426 e. The maximum absolute atomic E-state index is 12.4. The number of hydrogen-bond acceptors (Lipinski definition) is 4. The van der Waals surface area contributed by atoms with Gasteiger partial charge in [0.05, 0.1) is 16.9 Å². The molecule has 5 nitrogen and oxygen atoms in total. The van der Waals surface area contributed by atoms with Crippen molar-refractivity contribution in [1.82, 2.24) is 5.43 Å². The lowest BCUT2D eigenvalue weighted by atomic mass is 10.1. The molecular weight excluding hydrogens is 275 g/mol. The second-order valence-electron chi connectivity index (χ2n) is 5.05. The summed E-state index contributed by atoms with van der Waals surface area (Å²) in [4.78, 5) is 11.4. The minimum atomic E-state index is -4.47. The monoisotopic (exact) mass is 291 g/mol. The first-order valence-electron chi connectivity index (χ1n) is 5.71. The number of rotatable bonds is 2. The van der Waals surface area contributed by atoms with Crippen molar-refractivity contribution in [2.24, 2.45) is 0 Å². The van der Waals surface area contributed by atoms with Crippen LogP contribution >= 0.6 is 0 Å². The van der Waals surface area contributed by atoms with Crippen LogP contribution in [0.5, 0.6) is 0 Å². The zero-order valence-corrected chi connectivity index (χ0v) is 11.3. The third-order valence-electron chi connectivity index (χ3n) is 2.08. The molecular formula is C12H16F3N3O2. The first kappa shape index (κ1) is 15.9. The van der Waals surface area contributed by atoms with Crippen molar-refractivity contribution in [3.8, 4) is 0 Å². The van der Waals surface area contributed by atoms with E-state index in [0.717, 1.165) is 18.2 Å². The van der Waals surface area contributed by atoms with E-state index in [1.807, 2.05) is 0 Å². The minimum absolute atomic E-state index is 0.142. The molecule has 0 saturated heterocycles. The molecule has 1 aromatic carbocycles. The molecule has 0 aromatic heterocycles. The highest BCUT2D eigenvalue weighted by molar-refractivity contribution is 5.73. The molecule has 0 fully saturated rings. The SMILES string of the molecule is CC(C)(C)OC(=O)NNc1ccc(C(F)(F)F)cc1N. The lowest BCUT2D eigenvalue weighted by molar-refractivity contribution is -0.137. The van der Waals surface area contributed by atoms with Crippen LogP contribution in [-0.4, -0.2) is 11.7 Å². The summed E-state index contributed by atoms with van der Waals surface area (Å²) in [5.74, 6) is 0. The van der Waals surface area contributed by atoms with Crippen molar-refractivity contribution in [3.05, 3.63) is 23.8 Å². The molecule has 0 bridgehead atoms. The summed E-state index contributed by atoms with van der Waals surface area (Å²) < 4.78 is 42.2. The van der Waals surface area contributed by atoms with Crippen LogP contribution in [0.25, 0.3) is 0 Å². The van der Waals surface area contributed by atoms with Gasteiger partial charge in [0, 0.05) is 0 Å². The van der Waals surface area contributed by atoms with Gasteiger partial charge in [-0.2, -0.15) is 13.2 Å². The number of halogens is 3. The number of amides is 1. The molecule has 8 heteroatoms. The normalized spacial score (nSPS) is 11.9. The molecule has 1 rings (SSSR count).